The molecule has 1 saturated heterocycles. The number of nitrogens with one attached hydrogen (secondary N) is 1. The first-order chi connectivity index (χ1) is 9.74. The normalized spacial score (nSPS) is 16.0. The number of aromatic nitrogens is 2. The van der Waals surface area contributed by atoms with Crippen LogP contribution in [-0.4, -0.2) is 33.9 Å². The van der Waals surface area contributed by atoms with Gasteiger partial charge in [-0.15, -0.1) is 24.0 Å². The maximum absolute atomic E-state index is 6.05. The Kier molecular flexibility index (Phi) is 5.44. The van der Waals surface area contributed by atoms with Crippen LogP contribution in [-0.2, 0) is 6.54 Å². The fraction of sp³-hybridized carbons (Fsp3) is 0.467. The molecule has 0 bridgehead atoms. The zero-order valence-electron chi connectivity index (χ0n) is 12.3. The smallest absolute Gasteiger partial charge is 0.191 e. The lowest BCUT2D eigenvalue weighted by Gasteiger charge is -2.27. The van der Waals surface area contributed by atoms with Crippen molar-refractivity contribution in [1.29, 1.82) is 0 Å². The predicted octanol–water partition coefficient (Wildman–Crippen LogP) is 2.79. The van der Waals surface area contributed by atoms with Gasteiger partial charge in [0.1, 0.15) is 12.4 Å². The fourth-order valence-electron chi connectivity index (χ4n) is 2.68. The van der Waals surface area contributed by atoms with E-state index in [-0.39, 0.29) is 24.0 Å². The molecule has 6 heteroatoms. The third kappa shape index (κ3) is 3.66. The van der Waals surface area contributed by atoms with Gasteiger partial charge in [-0.3, -0.25) is 0 Å². The highest BCUT2D eigenvalue weighted by atomic mass is 127. The van der Waals surface area contributed by atoms with E-state index in [0.29, 0.717) is 12.5 Å². The largest absolute Gasteiger partial charge is 0.370 e. The number of fused-ring (bicyclic) bond motifs is 1. The lowest BCUT2D eigenvalue weighted by Crippen LogP contribution is -2.40. The van der Waals surface area contributed by atoms with Crippen molar-refractivity contribution in [3.8, 4) is 0 Å². The molecule has 1 aliphatic heterocycles. The highest BCUT2D eigenvalue weighted by Crippen LogP contribution is 2.16. The van der Waals surface area contributed by atoms with Crippen LogP contribution in [0.2, 0.25) is 0 Å². The Morgan fingerprint density at radius 2 is 2.10 bits per heavy atom. The van der Waals surface area contributed by atoms with Crippen molar-refractivity contribution in [3.05, 3.63) is 29.6 Å². The van der Waals surface area contributed by atoms with Crippen LogP contribution >= 0.6 is 24.0 Å². The first-order valence-corrected chi connectivity index (χ1v) is 7.23. The maximum atomic E-state index is 6.05. The molecule has 1 fully saturated rings. The fourth-order valence-corrected chi connectivity index (χ4v) is 2.68. The number of halogens is 1. The van der Waals surface area contributed by atoms with Gasteiger partial charge in [0.2, 0.25) is 0 Å². The van der Waals surface area contributed by atoms with Gasteiger partial charge >= 0.3 is 0 Å². The molecular weight excluding hydrogens is 377 g/mol. The van der Waals surface area contributed by atoms with Crippen molar-refractivity contribution in [2.24, 2.45) is 10.7 Å². The zero-order chi connectivity index (χ0) is 13.9. The number of piperidine rings is 1. The second-order valence-corrected chi connectivity index (χ2v) is 5.38. The number of nitrogens with zero attached hydrogens (tertiary/aromatic N) is 3. The quantitative estimate of drug-likeness (QED) is 0.464. The number of aryl methyl sites for hydroxylation is 1. The molecule has 0 saturated carbocycles. The molecule has 0 spiro atoms. The molecule has 1 aromatic carbocycles. The number of nitrogens with two attached hydrogens (primary N) is 1. The van der Waals surface area contributed by atoms with E-state index in [4.69, 9.17) is 5.73 Å². The number of hydrogen-bond donors (Lipinski definition) is 2. The Morgan fingerprint density at radius 3 is 2.81 bits per heavy atom. The van der Waals surface area contributed by atoms with Gasteiger partial charge in [0.25, 0.3) is 0 Å². The highest BCUT2D eigenvalue weighted by molar-refractivity contribution is 14.0. The van der Waals surface area contributed by atoms with Crippen molar-refractivity contribution in [2.75, 3.05) is 13.1 Å². The Hall–Kier alpha value is -1.31. The van der Waals surface area contributed by atoms with E-state index in [1.807, 2.05) is 12.1 Å². The second kappa shape index (κ2) is 7.11. The molecule has 5 nitrogen and oxygen atoms in total. The van der Waals surface area contributed by atoms with Crippen LogP contribution < -0.4 is 5.73 Å². The van der Waals surface area contributed by atoms with Crippen molar-refractivity contribution >= 4 is 41.0 Å². The minimum absolute atomic E-state index is 0. The molecule has 0 amide bonds. The molecule has 2 aromatic rings. The summed E-state index contributed by atoms with van der Waals surface area (Å²) in [7, 11) is 0. The van der Waals surface area contributed by atoms with Crippen LogP contribution in [0, 0.1) is 6.92 Å². The van der Waals surface area contributed by atoms with Crippen molar-refractivity contribution < 1.29 is 0 Å². The Labute approximate surface area is 142 Å². The third-order valence-corrected chi connectivity index (χ3v) is 3.83. The van der Waals surface area contributed by atoms with Gasteiger partial charge in [0.15, 0.2) is 5.96 Å². The zero-order valence-corrected chi connectivity index (χ0v) is 14.6. The lowest BCUT2D eigenvalue weighted by atomic mass is 10.1. The number of aromatic amines is 1. The molecule has 1 aliphatic rings. The van der Waals surface area contributed by atoms with Gasteiger partial charge < -0.3 is 15.6 Å². The van der Waals surface area contributed by atoms with E-state index in [1.54, 1.807) is 0 Å². The summed E-state index contributed by atoms with van der Waals surface area (Å²) in [4.78, 5) is 14.5. The summed E-state index contributed by atoms with van der Waals surface area (Å²) >= 11 is 0. The molecule has 0 atom stereocenters. The van der Waals surface area contributed by atoms with Gasteiger partial charge in [-0.1, -0.05) is 12.1 Å². The van der Waals surface area contributed by atoms with Crippen LogP contribution in [0.5, 0.6) is 0 Å². The summed E-state index contributed by atoms with van der Waals surface area (Å²) in [5, 5.41) is 0. The maximum Gasteiger partial charge on any atom is 0.191 e. The molecule has 114 valence electrons. The van der Waals surface area contributed by atoms with Gasteiger partial charge in [0.05, 0.1) is 11.0 Å². The molecular formula is C15H22IN5. The van der Waals surface area contributed by atoms with Crippen LogP contribution in [0.4, 0.5) is 0 Å². The lowest BCUT2D eigenvalue weighted by molar-refractivity contribution is 0.338. The number of H-pyrrole nitrogens is 1. The minimum Gasteiger partial charge on any atom is -0.370 e. The average molecular weight is 399 g/mol. The molecule has 3 N–H and O–H groups in total. The monoisotopic (exact) mass is 399 g/mol. The number of para-hydroxylation sites is 1. The molecule has 3 rings (SSSR count). The highest BCUT2D eigenvalue weighted by Gasteiger charge is 2.12. The molecule has 2 heterocycles. The minimum atomic E-state index is 0. The first-order valence-electron chi connectivity index (χ1n) is 7.23. The van der Waals surface area contributed by atoms with E-state index in [0.717, 1.165) is 29.9 Å². The summed E-state index contributed by atoms with van der Waals surface area (Å²) in [6, 6.07) is 6.14. The molecule has 0 aliphatic carbocycles. The summed E-state index contributed by atoms with van der Waals surface area (Å²) in [6.07, 6.45) is 3.72. The molecule has 1 aromatic heterocycles. The van der Waals surface area contributed by atoms with E-state index in [1.165, 1.54) is 24.8 Å². The van der Waals surface area contributed by atoms with Gasteiger partial charge in [0, 0.05) is 13.1 Å². The van der Waals surface area contributed by atoms with Gasteiger partial charge in [-0.25, -0.2) is 9.98 Å². The van der Waals surface area contributed by atoms with Gasteiger partial charge in [-0.2, -0.15) is 0 Å². The second-order valence-electron chi connectivity index (χ2n) is 5.38. The topological polar surface area (TPSA) is 70.3 Å². The first kappa shape index (κ1) is 16.1. The third-order valence-electron chi connectivity index (χ3n) is 3.83. The number of rotatable bonds is 2. The average Bonchev–Trinajstić information content (AvgIpc) is 2.90. The Balaban J connectivity index is 0.00000161. The Morgan fingerprint density at radius 1 is 1.33 bits per heavy atom. The van der Waals surface area contributed by atoms with Crippen LogP contribution in [0.3, 0.4) is 0 Å². The van der Waals surface area contributed by atoms with E-state index < -0.39 is 0 Å². The SMILES string of the molecule is Cc1cccc2[nH]c(CN=C(N)N3CCCCC3)nc12.I. The number of hydrogen-bond acceptors (Lipinski definition) is 2. The molecule has 21 heavy (non-hydrogen) atoms. The summed E-state index contributed by atoms with van der Waals surface area (Å²) in [6.45, 7) is 4.62. The van der Waals surface area contributed by atoms with Gasteiger partial charge in [-0.05, 0) is 37.8 Å². The Bertz CT molecular complexity index is 628. The summed E-state index contributed by atoms with van der Waals surface area (Å²) < 4.78 is 0. The van der Waals surface area contributed by atoms with E-state index in [2.05, 4.69) is 32.9 Å². The number of likely N-dealkylation sites (tertiary alicyclic amines) is 1. The van der Waals surface area contributed by atoms with Crippen molar-refractivity contribution in [2.45, 2.75) is 32.7 Å². The number of imidazole rings is 1. The van der Waals surface area contributed by atoms with Crippen LogP contribution in [0.1, 0.15) is 30.7 Å². The van der Waals surface area contributed by atoms with E-state index in [9.17, 15) is 0 Å². The number of aliphatic imine (C=N–C) groups is 1. The van der Waals surface area contributed by atoms with Crippen LogP contribution in [0.15, 0.2) is 23.2 Å². The van der Waals surface area contributed by atoms with E-state index >= 15 is 0 Å². The number of guanidine groups is 1. The standard InChI is InChI=1S/C15H21N5.HI/c1-11-6-5-7-12-14(11)19-13(18-12)10-17-15(16)20-8-3-2-4-9-20;/h5-7H,2-4,8-10H2,1H3,(H2,16,17)(H,18,19);1H. The summed E-state index contributed by atoms with van der Waals surface area (Å²) in [5.41, 5.74) is 9.32. The van der Waals surface area contributed by atoms with Crippen molar-refractivity contribution in [1.82, 2.24) is 14.9 Å². The number of benzene rings is 1. The molecule has 0 radical (unpaired) electrons. The van der Waals surface area contributed by atoms with Crippen molar-refractivity contribution in [3.63, 3.8) is 0 Å². The summed E-state index contributed by atoms with van der Waals surface area (Å²) in [5.74, 6) is 1.51. The predicted molar refractivity (Wildman–Crippen MR) is 97.0 cm³/mol. The van der Waals surface area contributed by atoms with Crippen LogP contribution in [0.25, 0.3) is 11.0 Å². The molecule has 0 unspecified atom stereocenters.